The maximum atomic E-state index is 12.7. The van der Waals surface area contributed by atoms with Gasteiger partial charge < -0.3 is 4.90 Å². The van der Waals surface area contributed by atoms with E-state index in [9.17, 15) is 4.79 Å². The highest BCUT2D eigenvalue weighted by atomic mass is 35.5. The molecule has 0 unspecified atom stereocenters. The molecule has 3 aromatic rings. The highest BCUT2D eigenvalue weighted by Gasteiger charge is 2.24. The van der Waals surface area contributed by atoms with Crippen LogP contribution >= 0.6 is 34.3 Å². The maximum absolute atomic E-state index is 12.7. The predicted octanol–water partition coefficient (Wildman–Crippen LogP) is 4.48. The minimum Gasteiger partial charge on any atom is -0.335 e. The van der Waals surface area contributed by atoms with Gasteiger partial charge in [0.2, 0.25) is 0 Å². The lowest BCUT2D eigenvalue weighted by Crippen LogP contribution is -2.48. The Kier molecular flexibility index (Phi) is 5.36. The van der Waals surface area contributed by atoms with Gasteiger partial charge in [-0.05, 0) is 29.1 Å². The highest BCUT2D eigenvalue weighted by molar-refractivity contribution is 7.14. The van der Waals surface area contributed by atoms with E-state index >= 15 is 0 Å². The lowest BCUT2D eigenvalue weighted by atomic mass is 10.2. The van der Waals surface area contributed by atoms with Gasteiger partial charge in [0, 0.05) is 54.1 Å². The van der Waals surface area contributed by atoms with Crippen LogP contribution in [-0.2, 0) is 6.54 Å². The van der Waals surface area contributed by atoms with E-state index in [1.165, 1.54) is 16.9 Å². The number of hydrogen-bond acceptors (Lipinski definition) is 5. The van der Waals surface area contributed by atoms with E-state index in [2.05, 4.69) is 21.3 Å². The molecule has 0 spiro atoms. The number of thiophene rings is 1. The SMILES string of the molecule is O=C(c1csc(-c2ccsc2)n1)N1CCN(Cc2cccc(Cl)c2)CC1. The number of amides is 1. The van der Waals surface area contributed by atoms with Crippen molar-refractivity contribution in [3.8, 4) is 10.6 Å². The van der Waals surface area contributed by atoms with Crippen molar-refractivity contribution in [1.29, 1.82) is 0 Å². The summed E-state index contributed by atoms with van der Waals surface area (Å²) in [6.45, 7) is 4.04. The minimum atomic E-state index is 0.0325. The van der Waals surface area contributed by atoms with Gasteiger partial charge in [-0.3, -0.25) is 9.69 Å². The van der Waals surface area contributed by atoms with Gasteiger partial charge in [0.1, 0.15) is 10.7 Å². The Morgan fingerprint density at radius 2 is 2.00 bits per heavy atom. The predicted molar refractivity (Wildman–Crippen MR) is 108 cm³/mol. The van der Waals surface area contributed by atoms with Gasteiger partial charge in [0.05, 0.1) is 0 Å². The second kappa shape index (κ2) is 7.88. The van der Waals surface area contributed by atoms with Crippen LogP contribution in [0.4, 0.5) is 0 Å². The zero-order valence-corrected chi connectivity index (χ0v) is 16.5. The van der Waals surface area contributed by atoms with Crippen molar-refractivity contribution in [1.82, 2.24) is 14.8 Å². The Labute approximate surface area is 165 Å². The lowest BCUT2D eigenvalue weighted by molar-refractivity contribution is 0.0623. The molecule has 1 aromatic carbocycles. The van der Waals surface area contributed by atoms with Crippen LogP contribution in [0.25, 0.3) is 10.6 Å². The summed E-state index contributed by atoms with van der Waals surface area (Å²) in [6, 6.07) is 9.99. The van der Waals surface area contributed by atoms with E-state index in [4.69, 9.17) is 11.6 Å². The van der Waals surface area contributed by atoms with Crippen LogP contribution in [-0.4, -0.2) is 46.9 Å². The van der Waals surface area contributed by atoms with Crippen molar-refractivity contribution < 1.29 is 4.79 Å². The third-order valence-corrected chi connectivity index (χ3v) is 6.26. The van der Waals surface area contributed by atoms with Crippen molar-refractivity contribution >= 4 is 40.2 Å². The first kappa shape index (κ1) is 17.7. The van der Waals surface area contributed by atoms with E-state index in [0.29, 0.717) is 5.69 Å². The number of piperazine rings is 1. The fourth-order valence-electron chi connectivity index (χ4n) is 3.06. The summed E-state index contributed by atoms with van der Waals surface area (Å²) in [5.74, 6) is 0.0325. The zero-order chi connectivity index (χ0) is 17.9. The van der Waals surface area contributed by atoms with Crippen molar-refractivity contribution in [2.24, 2.45) is 0 Å². The fraction of sp³-hybridized carbons (Fsp3) is 0.263. The van der Waals surface area contributed by atoms with E-state index in [-0.39, 0.29) is 5.91 Å². The Morgan fingerprint density at radius 1 is 1.15 bits per heavy atom. The van der Waals surface area contributed by atoms with Crippen molar-refractivity contribution in [3.63, 3.8) is 0 Å². The molecule has 1 saturated heterocycles. The van der Waals surface area contributed by atoms with E-state index in [1.54, 1.807) is 11.3 Å². The summed E-state index contributed by atoms with van der Waals surface area (Å²) in [5, 5.41) is 7.63. The van der Waals surface area contributed by atoms with Crippen molar-refractivity contribution in [3.05, 3.63) is 62.8 Å². The number of nitrogens with zero attached hydrogens (tertiary/aromatic N) is 3. The molecule has 0 bridgehead atoms. The average molecular weight is 404 g/mol. The van der Waals surface area contributed by atoms with Gasteiger partial charge in [-0.2, -0.15) is 11.3 Å². The number of aromatic nitrogens is 1. The molecule has 3 heterocycles. The molecule has 0 radical (unpaired) electrons. The van der Waals surface area contributed by atoms with Crippen LogP contribution in [0.3, 0.4) is 0 Å². The number of thiazole rings is 1. The maximum Gasteiger partial charge on any atom is 0.273 e. The molecule has 0 saturated carbocycles. The van der Waals surface area contributed by atoms with Crippen LogP contribution in [0, 0.1) is 0 Å². The normalized spacial score (nSPS) is 15.3. The third-order valence-electron chi connectivity index (χ3n) is 4.45. The smallest absolute Gasteiger partial charge is 0.273 e. The molecule has 2 aromatic heterocycles. The summed E-state index contributed by atoms with van der Waals surface area (Å²) in [4.78, 5) is 21.5. The topological polar surface area (TPSA) is 36.4 Å². The molecule has 1 amide bonds. The van der Waals surface area contributed by atoms with Crippen LogP contribution in [0.15, 0.2) is 46.5 Å². The molecular weight excluding hydrogens is 386 g/mol. The molecule has 0 N–H and O–H groups in total. The number of carbonyl (C=O) groups excluding carboxylic acids is 1. The first-order valence-corrected chi connectivity index (χ1v) is 10.6. The molecule has 4 rings (SSSR count). The first-order valence-electron chi connectivity index (χ1n) is 8.43. The van der Waals surface area contributed by atoms with Crippen LogP contribution < -0.4 is 0 Å². The lowest BCUT2D eigenvalue weighted by Gasteiger charge is -2.34. The molecule has 7 heteroatoms. The Morgan fingerprint density at radius 3 is 2.73 bits per heavy atom. The summed E-state index contributed by atoms with van der Waals surface area (Å²) < 4.78 is 0. The third kappa shape index (κ3) is 3.99. The summed E-state index contributed by atoms with van der Waals surface area (Å²) in [5.41, 5.74) is 2.85. The molecule has 4 nitrogen and oxygen atoms in total. The van der Waals surface area contributed by atoms with E-state index in [0.717, 1.165) is 48.3 Å². The summed E-state index contributed by atoms with van der Waals surface area (Å²) in [7, 11) is 0. The Balaban J connectivity index is 1.35. The van der Waals surface area contributed by atoms with Gasteiger partial charge in [0.15, 0.2) is 0 Å². The fourth-order valence-corrected chi connectivity index (χ4v) is 4.77. The van der Waals surface area contributed by atoms with Gasteiger partial charge >= 0.3 is 0 Å². The molecule has 1 fully saturated rings. The summed E-state index contributed by atoms with van der Waals surface area (Å²) in [6.07, 6.45) is 0. The quantitative estimate of drug-likeness (QED) is 0.644. The standard InChI is InChI=1S/C19H18ClN3OS2/c20-16-3-1-2-14(10-16)11-22-5-7-23(8-6-22)19(24)17-13-26-18(21-17)15-4-9-25-12-15/h1-4,9-10,12-13H,5-8,11H2. The number of benzene rings is 1. The van der Waals surface area contributed by atoms with Crippen LogP contribution in [0.1, 0.15) is 16.1 Å². The number of rotatable bonds is 4. The second-order valence-corrected chi connectivity index (χ2v) is 8.32. The zero-order valence-electron chi connectivity index (χ0n) is 14.1. The average Bonchev–Trinajstić information content (AvgIpc) is 3.33. The van der Waals surface area contributed by atoms with E-state index < -0.39 is 0 Å². The molecular formula is C19H18ClN3OS2. The van der Waals surface area contributed by atoms with Crippen molar-refractivity contribution in [2.45, 2.75) is 6.54 Å². The van der Waals surface area contributed by atoms with Gasteiger partial charge in [0.25, 0.3) is 5.91 Å². The summed E-state index contributed by atoms with van der Waals surface area (Å²) >= 11 is 9.23. The number of hydrogen-bond donors (Lipinski definition) is 0. The van der Waals surface area contributed by atoms with Crippen LogP contribution in [0.2, 0.25) is 5.02 Å². The Bertz CT molecular complexity index is 886. The van der Waals surface area contributed by atoms with Crippen LogP contribution in [0.5, 0.6) is 0 Å². The molecule has 134 valence electrons. The first-order chi connectivity index (χ1) is 12.7. The second-order valence-electron chi connectivity index (χ2n) is 6.25. The van der Waals surface area contributed by atoms with Crippen molar-refractivity contribution in [2.75, 3.05) is 26.2 Å². The monoisotopic (exact) mass is 403 g/mol. The molecule has 1 aliphatic heterocycles. The van der Waals surface area contributed by atoms with E-state index in [1.807, 2.05) is 39.9 Å². The molecule has 0 atom stereocenters. The molecule has 0 aliphatic carbocycles. The van der Waals surface area contributed by atoms with Gasteiger partial charge in [-0.25, -0.2) is 4.98 Å². The Hall–Kier alpha value is -1.73. The van der Waals surface area contributed by atoms with Gasteiger partial charge in [-0.15, -0.1) is 11.3 Å². The highest BCUT2D eigenvalue weighted by Crippen LogP contribution is 2.26. The molecule has 1 aliphatic rings. The minimum absolute atomic E-state index is 0.0325. The molecule has 26 heavy (non-hydrogen) atoms. The van der Waals surface area contributed by atoms with Gasteiger partial charge in [-0.1, -0.05) is 23.7 Å². The number of carbonyl (C=O) groups is 1. The largest absolute Gasteiger partial charge is 0.335 e. The number of halogens is 1.